The number of H-pyrrole nitrogens is 1. The lowest BCUT2D eigenvalue weighted by atomic mass is 10.2. The van der Waals surface area contributed by atoms with E-state index in [9.17, 15) is 9.59 Å². The lowest BCUT2D eigenvalue weighted by Crippen LogP contribution is -2.24. The number of aromatic nitrogens is 2. The zero-order valence-corrected chi connectivity index (χ0v) is 7.61. The molecule has 2 heterocycles. The predicted octanol–water partition coefficient (Wildman–Crippen LogP) is -0.148. The summed E-state index contributed by atoms with van der Waals surface area (Å²) < 4.78 is 4.57. The summed E-state index contributed by atoms with van der Waals surface area (Å²) in [5.74, 6) is 0. The normalized spacial score (nSPS) is 13.9. The second-order valence-corrected chi connectivity index (χ2v) is 3.03. The molecule has 1 aromatic heterocycles. The summed E-state index contributed by atoms with van der Waals surface area (Å²) in [6.07, 6.45) is -0.407. The Morgan fingerprint density at radius 2 is 2.43 bits per heavy atom. The number of fused-ring (bicyclic) bond motifs is 1. The Hall–Kier alpha value is -1.85. The molecule has 14 heavy (non-hydrogen) atoms. The van der Waals surface area contributed by atoms with E-state index in [0.717, 1.165) is 11.3 Å². The highest BCUT2D eigenvalue weighted by Gasteiger charge is 2.25. The van der Waals surface area contributed by atoms with Gasteiger partial charge in [0.05, 0.1) is 25.9 Å². The number of amides is 1. The summed E-state index contributed by atoms with van der Waals surface area (Å²) >= 11 is 0. The molecule has 1 aliphatic heterocycles. The number of nitrogens with zero attached hydrogens (tertiary/aromatic N) is 2. The lowest BCUT2D eigenvalue weighted by Gasteiger charge is -2.11. The van der Waals surface area contributed by atoms with E-state index < -0.39 is 6.09 Å². The number of carbonyl (C=O) groups excluding carboxylic acids is 1. The van der Waals surface area contributed by atoms with Crippen LogP contribution >= 0.6 is 0 Å². The zero-order valence-electron chi connectivity index (χ0n) is 7.61. The van der Waals surface area contributed by atoms with Crippen molar-refractivity contribution in [3.05, 3.63) is 27.7 Å². The smallest absolute Gasteiger partial charge is 0.410 e. The molecule has 0 unspecified atom stereocenters. The van der Waals surface area contributed by atoms with Crippen molar-refractivity contribution in [3.8, 4) is 0 Å². The van der Waals surface area contributed by atoms with Crippen molar-refractivity contribution in [2.45, 2.75) is 13.1 Å². The van der Waals surface area contributed by atoms with Crippen molar-refractivity contribution in [1.82, 2.24) is 15.1 Å². The van der Waals surface area contributed by atoms with E-state index in [-0.39, 0.29) is 5.56 Å². The fourth-order valence-corrected chi connectivity index (χ4v) is 1.44. The van der Waals surface area contributed by atoms with E-state index in [1.54, 1.807) is 0 Å². The number of carbonyl (C=O) groups is 1. The minimum absolute atomic E-state index is 0.254. The quantitative estimate of drug-likeness (QED) is 0.624. The number of hydrogen-bond acceptors (Lipinski definition) is 4. The number of rotatable bonds is 0. The summed E-state index contributed by atoms with van der Waals surface area (Å²) in [4.78, 5) is 23.6. The van der Waals surface area contributed by atoms with E-state index in [0.29, 0.717) is 13.1 Å². The molecule has 2 rings (SSSR count). The van der Waals surface area contributed by atoms with Gasteiger partial charge in [-0.1, -0.05) is 0 Å². The molecular weight excluding hydrogens is 186 g/mol. The minimum Gasteiger partial charge on any atom is -0.453 e. The monoisotopic (exact) mass is 195 g/mol. The Morgan fingerprint density at radius 3 is 3.14 bits per heavy atom. The van der Waals surface area contributed by atoms with Gasteiger partial charge < -0.3 is 4.74 Å². The van der Waals surface area contributed by atoms with Crippen LogP contribution in [0, 0.1) is 0 Å². The summed E-state index contributed by atoms with van der Waals surface area (Å²) in [6.45, 7) is 0.776. The molecule has 0 radical (unpaired) electrons. The maximum absolute atomic E-state index is 11.2. The highest BCUT2D eigenvalue weighted by molar-refractivity contribution is 5.68. The average molecular weight is 195 g/mol. The third kappa shape index (κ3) is 1.34. The van der Waals surface area contributed by atoms with Crippen LogP contribution in [0.4, 0.5) is 4.79 Å². The van der Waals surface area contributed by atoms with E-state index in [2.05, 4.69) is 14.9 Å². The number of hydrogen-bond donors (Lipinski definition) is 1. The first-order valence-corrected chi connectivity index (χ1v) is 4.11. The third-order valence-electron chi connectivity index (χ3n) is 2.11. The number of aromatic amines is 1. The molecule has 1 aromatic rings. The van der Waals surface area contributed by atoms with E-state index in [1.807, 2.05) is 0 Å². The Labute approximate surface area is 79.5 Å². The van der Waals surface area contributed by atoms with Crippen molar-refractivity contribution in [1.29, 1.82) is 0 Å². The van der Waals surface area contributed by atoms with E-state index >= 15 is 0 Å². The first-order chi connectivity index (χ1) is 6.70. The molecule has 1 N–H and O–H groups in total. The topological polar surface area (TPSA) is 75.3 Å². The van der Waals surface area contributed by atoms with Crippen LogP contribution in [-0.4, -0.2) is 28.3 Å². The van der Waals surface area contributed by atoms with Crippen LogP contribution in [0.5, 0.6) is 0 Å². The Morgan fingerprint density at radius 1 is 1.64 bits per heavy atom. The van der Waals surface area contributed by atoms with Crippen molar-refractivity contribution < 1.29 is 9.53 Å². The maximum atomic E-state index is 11.2. The van der Waals surface area contributed by atoms with Crippen LogP contribution in [0.1, 0.15) is 11.3 Å². The summed E-state index contributed by atoms with van der Waals surface area (Å²) in [5, 5.41) is 6.16. The van der Waals surface area contributed by atoms with Gasteiger partial charge in [0, 0.05) is 11.6 Å². The van der Waals surface area contributed by atoms with Crippen LogP contribution in [0.15, 0.2) is 10.9 Å². The largest absolute Gasteiger partial charge is 0.453 e. The molecule has 0 spiro atoms. The van der Waals surface area contributed by atoms with Crippen LogP contribution in [0.2, 0.25) is 0 Å². The van der Waals surface area contributed by atoms with Crippen LogP contribution < -0.4 is 5.56 Å². The van der Waals surface area contributed by atoms with E-state index in [4.69, 9.17) is 0 Å². The zero-order chi connectivity index (χ0) is 10.1. The molecule has 0 bridgehead atoms. The van der Waals surface area contributed by atoms with Gasteiger partial charge in [-0.15, -0.1) is 0 Å². The second-order valence-electron chi connectivity index (χ2n) is 3.03. The molecule has 0 atom stereocenters. The summed E-state index contributed by atoms with van der Waals surface area (Å²) in [6, 6.07) is 1.45. The van der Waals surface area contributed by atoms with Gasteiger partial charge in [-0.05, 0) is 0 Å². The molecule has 0 saturated carbocycles. The molecule has 6 heteroatoms. The van der Waals surface area contributed by atoms with E-state index in [1.165, 1.54) is 18.1 Å². The van der Waals surface area contributed by atoms with Crippen molar-refractivity contribution in [2.75, 3.05) is 7.11 Å². The molecular formula is C8H9N3O3. The SMILES string of the molecule is COC(=O)N1Cc2cc(=O)[nH]nc2C1. The van der Waals surface area contributed by atoms with Gasteiger partial charge in [0.1, 0.15) is 0 Å². The summed E-state index contributed by atoms with van der Waals surface area (Å²) in [7, 11) is 1.32. The molecule has 0 fully saturated rings. The molecule has 1 aliphatic rings. The van der Waals surface area contributed by atoms with Gasteiger partial charge >= 0.3 is 6.09 Å². The molecule has 6 nitrogen and oxygen atoms in total. The fraction of sp³-hybridized carbons (Fsp3) is 0.375. The third-order valence-corrected chi connectivity index (χ3v) is 2.11. The van der Waals surface area contributed by atoms with Gasteiger partial charge in [-0.25, -0.2) is 9.89 Å². The van der Waals surface area contributed by atoms with Gasteiger partial charge in [-0.2, -0.15) is 5.10 Å². The number of methoxy groups -OCH3 is 1. The highest BCUT2D eigenvalue weighted by atomic mass is 16.5. The van der Waals surface area contributed by atoms with Crippen molar-refractivity contribution >= 4 is 6.09 Å². The molecule has 74 valence electrons. The van der Waals surface area contributed by atoms with Gasteiger partial charge in [-0.3, -0.25) is 9.69 Å². The highest BCUT2D eigenvalue weighted by Crippen LogP contribution is 2.18. The maximum Gasteiger partial charge on any atom is 0.410 e. The molecule has 0 saturated heterocycles. The van der Waals surface area contributed by atoms with Gasteiger partial charge in [0.25, 0.3) is 5.56 Å². The molecule has 0 aliphatic carbocycles. The fourth-order valence-electron chi connectivity index (χ4n) is 1.44. The standard InChI is InChI=1S/C8H9N3O3/c1-14-8(13)11-3-5-2-7(12)10-9-6(5)4-11/h2H,3-4H2,1H3,(H,10,12). The van der Waals surface area contributed by atoms with Crippen molar-refractivity contribution in [3.63, 3.8) is 0 Å². The predicted molar refractivity (Wildman–Crippen MR) is 46.5 cm³/mol. The van der Waals surface area contributed by atoms with Crippen LogP contribution in [0.3, 0.4) is 0 Å². The first kappa shape index (κ1) is 8.74. The molecule has 1 amide bonds. The Balaban J connectivity index is 2.26. The molecule has 0 aromatic carbocycles. The second kappa shape index (κ2) is 3.13. The summed E-state index contributed by atoms with van der Waals surface area (Å²) in [5.41, 5.74) is 1.24. The Bertz CT molecular complexity index is 426. The number of ether oxygens (including phenoxy) is 1. The average Bonchev–Trinajstić information content (AvgIpc) is 2.59. The van der Waals surface area contributed by atoms with Gasteiger partial charge in [0.15, 0.2) is 0 Å². The number of nitrogens with one attached hydrogen (secondary N) is 1. The lowest BCUT2D eigenvalue weighted by molar-refractivity contribution is 0.123. The first-order valence-electron chi connectivity index (χ1n) is 4.11. The minimum atomic E-state index is -0.407. The van der Waals surface area contributed by atoms with Gasteiger partial charge in [0.2, 0.25) is 0 Å². The van der Waals surface area contributed by atoms with Crippen molar-refractivity contribution in [2.24, 2.45) is 0 Å². The Kier molecular flexibility index (Phi) is 1.95. The van der Waals surface area contributed by atoms with Crippen LogP contribution in [0.25, 0.3) is 0 Å². The van der Waals surface area contributed by atoms with Crippen LogP contribution in [-0.2, 0) is 17.8 Å².